The summed E-state index contributed by atoms with van der Waals surface area (Å²) in [4.78, 5) is 21.6. The lowest BCUT2D eigenvalue weighted by atomic mass is 10.2. The van der Waals surface area contributed by atoms with Crippen LogP contribution in [0.25, 0.3) is 10.6 Å². The topological polar surface area (TPSA) is 58.6 Å². The second-order valence-electron chi connectivity index (χ2n) is 3.65. The quantitative estimate of drug-likeness (QED) is 0.870. The minimum Gasteiger partial charge on any atom is -0.311 e. The maximum Gasteiger partial charge on any atom is 0.443 e. The fourth-order valence-corrected chi connectivity index (χ4v) is 2.23. The summed E-state index contributed by atoms with van der Waals surface area (Å²) in [6.45, 7) is 3.07. The molecule has 0 saturated heterocycles. The van der Waals surface area contributed by atoms with Crippen LogP contribution < -0.4 is 5.56 Å². The smallest absolute Gasteiger partial charge is 0.311 e. The second kappa shape index (κ2) is 4.20. The van der Waals surface area contributed by atoms with Gasteiger partial charge in [0.25, 0.3) is 5.56 Å². The van der Waals surface area contributed by atoms with Gasteiger partial charge < -0.3 is 4.98 Å². The van der Waals surface area contributed by atoms with Crippen LogP contribution in [-0.4, -0.2) is 15.0 Å². The summed E-state index contributed by atoms with van der Waals surface area (Å²) in [5.74, 6) is 0.350. The van der Waals surface area contributed by atoms with Gasteiger partial charge in [-0.1, -0.05) is 0 Å². The average molecular weight is 275 g/mol. The number of halogens is 3. The van der Waals surface area contributed by atoms with Crippen molar-refractivity contribution in [3.05, 3.63) is 32.9 Å². The van der Waals surface area contributed by atoms with Crippen LogP contribution >= 0.6 is 11.3 Å². The lowest BCUT2D eigenvalue weighted by Crippen LogP contribution is -2.13. The molecular weight excluding hydrogens is 267 g/mol. The van der Waals surface area contributed by atoms with Crippen molar-refractivity contribution >= 4 is 11.3 Å². The van der Waals surface area contributed by atoms with Gasteiger partial charge in [-0.15, -0.1) is 11.3 Å². The van der Waals surface area contributed by atoms with Crippen LogP contribution in [0, 0.1) is 13.8 Å². The van der Waals surface area contributed by atoms with Gasteiger partial charge in [0.05, 0.1) is 10.6 Å². The minimum absolute atomic E-state index is 0.231. The van der Waals surface area contributed by atoms with E-state index in [0.717, 1.165) is 6.20 Å². The fourth-order valence-electron chi connectivity index (χ4n) is 1.40. The molecule has 0 amide bonds. The lowest BCUT2D eigenvalue weighted by molar-refractivity contribution is -0.137. The normalized spacial score (nSPS) is 11.8. The lowest BCUT2D eigenvalue weighted by Gasteiger charge is -2.02. The Kier molecular flexibility index (Phi) is 2.97. The molecule has 0 spiro atoms. The van der Waals surface area contributed by atoms with Gasteiger partial charge in [0.2, 0.25) is 0 Å². The highest BCUT2D eigenvalue weighted by atomic mass is 32.1. The Morgan fingerprint density at radius 3 is 2.56 bits per heavy atom. The molecule has 0 aliphatic carbocycles. The van der Waals surface area contributed by atoms with Crippen LogP contribution in [0.5, 0.6) is 0 Å². The van der Waals surface area contributed by atoms with Gasteiger partial charge in [-0.25, -0.2) is 9.97 Å². The van der Waals surface area contributed by atoms with Crippen molar-refractivity contribution in [2.75, 3.05) is 0 Å². The van der Waals surface area contributed by atoms with E-state index in [9.17, 15) is 18.0 Å². The number of H-pyrrole nitrogens is 1. The number of rotatable bonds is 1. The maximum atomic E-state index is 12.4. The maximum absolute atomic E-state index is 12.4. The van der Waals surface area contributed by atoms with Crippen LogP contribution in [0.3, 0.4) is 0 Å². The number of aromatic nitrogens is 3. The van der Waals surface area contributed by atoms with E-state index in [0.29, 0.717) is 17.2 Å². The standard InChI is InChI=1S/C10H8F3N3OS/c1-4-7(15-5(2)16-8(4)17)6-3-14-9(18-6)10(11,12)13/h3H,1-2H3,(H,15,16,17). The number of nitrogens with zero attached hydrogens (tertiary/aromatic N) is 2. The highest BCUT2D eigenvalue weighted by Gasteiger charge is 2.35. The van der Waals surface area contributed by atoms with Crippen molar-refractivity contribution in [1.29, 1.82) is 0 Å². The van der Waals surface area contributed by atoms with Crippen LogP contribution in [0.1, 0.15) is 16.4 Å². The first-order valence-electron chi connectivity index (χ1n) is 4.90. The summed E-state index contributed by atoms with van der Waals surface area (Å²) >= 11 is 0.473. The van der Waals surface area contributed by atoms with E-state index in [2.05, 4.69) is 15.0 Å². The van der Waals surface area contributed by atoms with Crippen LogP contribution in [0.15, 0.2) is 11.0 Å². The van der Waals surface area contributed by atoms with Gasteiger partial charge in [0.15, 0.2) is 5.01 Å². The largest absolute Gasteiger partial charge is 0.443 e. The van der Waals surface area contributed by atoms with Crippen LogP contribution in [0.4, 0.5) is 13.2 Å². The molecule has 0 fully saturated rings. The molecule has 0 unspecified atom stereocenters. The first-order valence-corrected chi connectivity index (χ1v) is 5.71. The number of thiazole rings is 1. The monoisotopic (exact) mass is 275 g/mol. The molecule has 96 valence electrons. The van der Waals surface area contributed by atoms with Crippen LogP contribution in [-0.2, 0) is 6.18 Å². The summed E-state index contributed by atoms with van der Waals surface area (Å²) in [6, 6.07) is 0. The van der Waals surface area contributed by atoms with E-state index < -0.39 is 11.2 Å². The van der Waals surface area contributed by atoms with E-state index >= 15 is 0 Å². The third kappa shape index (κ3) is 2.28. The number of hydrogen-bond donors (Lipinski definition) is 1. The summed E-state index contributed by atoms with van der Waals surface area (Å²) in [6.07, 6.45) is -3.39. The van der Waals surface area contributed by atoms with E-state index in [1.807, 2.05) is 0 Å². The number of aryl methyl sites for hydroxylation is 1. The second-order valence-corrected chi connectivity index (χ2v) is 4.68. The van der Waals surface area contributed by atoms with Gasteiger partial charge in [0.1, 0.15) is 5.82 Å². The van der Waals surface area contributed by atoms with E-state index in [1.54, 1.807) is 6.92 Å². The Labute approximate surface area is 104 Å². The molecular formula is C10H8F3N3OS. The van der Waals surface area contributed by atoms with Crippen molar-refractivity contribution in [2.45, 2.75) is 20.0 Å². The highest BCUT2D eigenvalue weighted by Crippen LogP contribution is 2.36. The van der Waals surface area contributed by atoms with Crippen molar-refractivity contribution in [3.8, 4) is 10.6 Å². The van der Waals surface area contributed by atoms with Crippen molar-refractivity contribution in [3.63, 3.8) is 0 Å². The molecule has 0 aromatic carbocycles. The average Bonchev–Trinajstić information content (AvgIpc) is 2.71. The highest BCUT2D eigenvalue weighted by molar-refractivity contribution is 7.15. The molecule has 1 N–H and O–H groups in total. The van der Waals surface area contributed by atoms with Gasteiger partial charge in [-0.3, -0.25) is 4.79 Å². The van der Waals surface area contributed by atoms with E-state index in [4.69, 9.17) is 0 Å². The summed E-state index contributed by atoms with van der Waals surface area (Å²) in [5.41, 5.74) is 0.154. The summed E-state index contributed by atoms with van der Waals surface area (Å²) in [5, 5.41) is -0.948. The molecule has 18 heavy (non-hydrogen) atoms. The van der Waals surface area contributed by atoms with Gasteiger partial charge in [0, 0.05) is 11.8 Å². The van der Waals surface area contributed by atoms with Crippen LogP contribution in [0.2, 0.25) is 0 Å². The van der Waals surface area contributed by atoms with E-state index in [-0.39, 0.29) is 21.7 Å². The SMILES string of the molecule is Cc1nc(-c2cnc(C(F)(F)F)s2)c(C)c(=O)[nH]1. The molecule has 8 heteroatoms. The fraction of sp³-hybridized carbons (Fsp3) is 0.300. The Morgan fingerprint density at radius 1 is 1.33 bits per heavy atom. The zero-order valence-electron chi connectivity index (χ0n) is 9.42. The first-order chi connectivity index (χ1) is 8.29. The molecule has 2 aromatic rings. The number of nitrogens with one attached hydrogen (secondary N) is 1. The molecule has 2 aromatic heterocycles. The zero-order valence-corrected chi connectivity index (χ0v) is 10.2. The molecule has 0 aliphatic rings. The molecule has 4 nitrogen and oxygen atoms in total. The van der Waals surface area contributed by atoms with Gasteiger partial charge >= 0.3 is 6.18 Å². The molecule has 2 rings (SSSR count). The number of aromatic amines is 1. The van der Waals surface area contributed by atoms with Crippen molar-refractivity contribution in [1.82, 2.24) is 15.0 Å². The first kappa shape index (κ1) is 12.7. The number of alkyl halides is 3. The Bertz CT molecular complexity index is 645. The third-order valence-electron chi connectivity index (χ3n) is 2.25. The molecule has 2 heterocycles. The Morgan fingerprint density at radius 2 is 2.00 bits per heavy atom. The summed E-state index contributed by atoms with van der Waals surface area (Å²) in [7, 11) is 0. The molecule has 0 saturated carbocycles. The van der Waals surface area contributed by atoms with E-state index in [1.165, 1.54) is 6.92 Å². The van der Waals surface area contributed by atoms with Crippen molar-refractivity contribution < 1.29 is 13.2 Å². The Hall–Kier alpha value is -1.70. The Balaban J connectivity index is 2.56. The van der Waals surface area contributed by atoms with Gasteiger partial charge in [-0.05, 0) is 13.8 Å². The number of hydrogen-bond acceptors (Lipinski definition) is 4. The molecule has 0 atom stereocenters. The predicted molar refractivity (Wildman–Crippen MR) is 60.4 cm³/mol. The summed E-state index contributed by atoms with van der Waals surface area (Å²) < 4.78 is 37.3. The van der Waals surface area contributed by atoms with Crippen molar-refractivity contribution in [2.24, 2.45) is 0 Å². The minimum atomic E-state index is -4.48. The zero-order chi connectivity index (χ0) is 13.5. The van der Waals surface area contributed by atoms with Gasteiger partial charge in [-0.2, -0.15) is 13.2 Å². The third-order valence-corrected chi connectivity index (χ3v) is 3.30. The molecule has 0 radical (unpaired) electrons. The molecule has 0 bridgehead atoms. The molecule has 0 aliphatic heterocycles. The predicted octanol–water partition coefficient (Wildman–Crippen LogP) is 2.53.